The molecule has 1 aromatic carbocycles. The summed E-state index contributed by atoms with van der Waals surface area (Å²) in [6.45, 7) is 6.11. The maximum Gasteiger partial charge on any atom is 0.427 e. The number of hydrogen-bond acceptors (Lipinski definition) is 11. The summed E-state index contributed by atoms with van der Waals surface area (Å²) in [5, 5.41) is 6.38. The maximum absolute atomic E-state index is 14.8. The second kappa shape index (κ2) is 16.1. The molecule has 5 atom stereocenters. The van der Waals surface area contributed by atoms with Crippen LogP contribution >= 0.6 is 0 Å². The number of ether oxygens (including phenoxy) is 3. The molecule has 60 heavy (non-hydrogen) atoms. The van der Waals surface area contributed by atoms with Gasteiger partial charge in [0.2, 0.25) is 27.4 Å². The molecular formula is C41H53F3N6O9S. The number of allylic oxidation sites excluding steroid dienone is 2. The predicted octanol–water partition coefficient (Wildman–Crippen LogP) is 5.25. The largest absolute Gasteiger partial charge is 0.497 e. The van der Waals surface area contributed by atoms with Crippen LogP contribution in [0, 0.1) is 11.8 Å². The molecule has 0 spiro atoms. The van der Waals surface area contributed by atoms with E-state index in [4.69, 9.17) is 19.2 Å². The third-order valence-electron chi connectivity index (χ3n) is 11.9. The Bertz CT molecular complexity index is 2240. The van der Waals surface area contributed by atoms with Crippen LogP contribution < -0.4 is 29.7 Å². The van der Waals surface area contributed by atoms with Gasteiger partial charge in [0.1, 0.15) is 34.9 Å². The molecule has 3 heterocycles. The number of pyridine rings is 1. The molecule has 2 aliphatic carbocycles. The van der Waals surface area contributed by atoms with Crippen LogP contribution in [-0.2, 0) is 29.1 Å². The van der Waals surface area contributed by atoms with Crippen molar-refractivity contribution in [1.29, 1.82) is 0 Å². The minimum atomic E-state index is -4.93. The first-order valence-electron chi connectivity index (χ1n) is 19.9. The first-order chi connectivity index (χ1) is 27.9. The van der Waals surface area contributed by atoms with Crippen LogP contribution in [0.1, 0.15) is 79.6 Å². The van der Waals surface area contributed by atoms with E-state index in [1.807, 2.05) is 19.1 Å². The van der Waals surface area contributed by atoms with Gasteiger partial charge in [-0.1, -0.05) is 19.1 Å². The van der Waals surface area contributed by atoms with Crippen molar-refractivity contribution in [3.8, 4) is 11.6 Å². The predicted molar refractivity (Wildman–Crippen MR) is 215 cm³/mol. The van der Waals surface area contributed by atoms with Gasteiger partial charge in [-0.25, -0.2) is 13.2 Å². The summed E-state index contributed by atoms with van der Waals surface area (Å²) in [6.07, 6.45) is -1.73. The number of halogens is 3. The average Bonchev–Trinajstić information content (AvgIpc) is 4.04. The van der Waals surface area contributed by atoms with Crippen molar-refractivity contribution in [2.45, 2.75) is 114 Å². The van der Waals surface area contributed by atoms with E-state index in [1.165, 1.54) is 14.0 Å². The monoisotopic (exact) mass is 862 g/mol. The van der Waals surface area contributed by atoms with E-state index < -0.39 is 74.0 Å². The van der Waals surface area contributed by atoms with Gasteiger partial charge in [0.05, 0.1) is 18.4 Å². The molecule has 4 aliphatic rings. The van der Waals surface area contributed by atoms with Gasteiger partial charge in [0.15, 0.2) is 0 Å². The highest BCUT2D eigenvalue weighted by Gasteiger charge is 2.63. The lowest BCUT2D eigenvalue weighted by atomic mass is 9.95. The Labute approximate surface area is 347 Å². The minimum absolute atomic E-state index is 0.0901. The number of nitrogens with zero attached hydrogens (tertiary/aromatic N) is 3. The van der Waals surface area contributed by atoms with Gasteiger partial charge in [-0.3, -0.25) is 24.4 Å². The van der Waals surface area contributed by atoms with E-state index in [-0.39, 0.29) is 43.3 Å². The summed E-state index contributed by atoms with van der Waals surface area (Å²) in [7, 11) is 1.03. The van der Waals surface area contributed by atoms with Crippen molar-refractivity contribution in [3.05, 3.63) is 47.7 Å². The fourth-order valence-corrected chi connectivity index (χ4v) is 8.80. The molecule has 3 fully saturated rings. The van der Waals surface area contributed by atoms with E-state index in [0.717, 1.165) is 10.3 Å². The molecule has 328 valence electrons. The summed E-state index contributed by atoms with van der Waals surface area (Å²) in [6, 6.07) is 5.74. The number of carbonyl (C=O) groups excluding carboxylic acids is 4. The molecule has 2 aliphatic heterocycles. The molecule has 1 aromatic heterocycles. The molecule has 1 saturated heterocycles. The van der Waals surface area contributed by atoms with Crippen LogP contribution in [-0.4, -0.2) is 104 Å². The Kier molecular flexibility index (Phi) is 11.9. The number of nitrogens with one attached hydrogen (secondary N) is 3. The molecule has 4 amide bonds. The van der Waals surface area contributed by atoms with Gasteiger partial charge in [-0.05, 0) is 107 Å². The van der Waals surface area contributed by atoms with E-state index in [0.29, 0.717) is 62.1 Å². The third-order valence-corrected chi connectivity index (χ3v) is 14.1. The number of methoxy groups -OCH3 is 1. The Morgan fingerprint density at radius 1 is 1.12 bits per heavy atom. The number of rotatable bonds is 9. The third kappa shape index (κ3) is 9.00. The van der Waals surface area contributed by atoms with Crippen LogP contribution in [0.25, 0.3) is 10.8 Å². The van der Waals surface area contributed by atoms with Gasteiger partial charge in [-0.15, -0.1) is 0 Å². The Morgan fingerprint density at radius 2 is 1.82 bits per heavy atom. The van der Waals surface area contributed by atoms with Gasteiger partial charge in [-0.2, -0.15) is 18.2 Å². The summed E-state index contributed by atoms with van der Waals surface area (Å²) < 4.78 is 85.6. The zero-order chi connectivity index (χ0) is 44.2. The van der Waals surface area contributed by atoms with Gasteiger partial charge >= 0.3 is 12.3 Å². The Balaban J connectivity index is 1.39. The van der Waals surface area contributed by atoms with Crippen LogP contribution in [0.15, 0.2) is 47.7 Å². The second-order valence-corrected chi connectivity index (χ2v) is 19.6. The van der Waals surface area contributed by atoms with Crippen molar-refractivity contribution in [2.75, 3.05) is 32.6 Å². The van der Waals surface area contributed by atoms with Gasteiger partial charge < -0.3 is 29.3 Å². The van der Waals surface area contributed by atoms with Crippen molar-refractivity contribution < 1.29 is 55.0 Å². The highest BCUT2D eigenvalue weighted by molar-refractivity contribution is 7.91. The molecule has 19 heteroatoms. The number of amides is 4. The quantitative estimate of drug-likeness (QED) is 0.280. The first-order valence-corrected chi connectivity index (χ1v) is 21.3. The summed E-state index contributed by atoms with van der Waals surface area (Å²) >= 11 is 0. The lowest BCUT2D eigenvalue weighted by Gasteiger charge is -2.30. The minimum Gasteiger partial charge on any atom is -0.497 e. The van der Waals surface area contributed by atoms with Gasteiger partial charge in [0.25, 0.3) is 11.8 Å². The van der Waals surface area contributed by atoms with E-state index in [1.54, 1.807) is 50.2 Å². The number of carbonyl (C=O) groups is 4. The maximum atomic E-state index is 14.8. The zero-order valence-electron chi connectivity index (χ0n) is 35.0. The molecule has 2 saturated carbocycles. The highest BCUT2D eigenvalue weighted by atomic mass is 32.2. The number of benzene rings is 1. The lowest BCUT2D eigenvalue weighted by molar-refractivity contribution is -0.243. The van der Waals surface area contributed by atoms with Crippen LogP contribution in [0.4, 0.5) is 23.8 Å². The zero-order valence-corrected chi connectivity index (χ0v) is 35.8. The van der Waals surface area contributed by atoms with Gasteiger partial charge in [0, 0.05) is 31.8 Å². The van der Waals surface area contributed by atoms with E-state index >= 15 is 0 Å². The van der Waals surface area contributed by atoms with Crippen LogP contribution in [0.2, 0.25) is 0 Å². The second-order valence-electron chi connectivity index (χ2n) is 17.4. The van der Waals surface area contributed by atoms with Crippen molar-refractivity contribution in [3.63, 3.8) is 0 Å². The Hall–Kier alpha value is -5.07. The normalized spacial score (nSPS) is 27.1. The number of hydrogen-bond donors (Lipinski definition) is 3. The molecule has 2 aromatic rings. The van der Waals surface area contributed by atoms with Crippen molar-refractivity contribution in [2.24, 2.45) is 11.8 Å². The fourth-order valence-electron chi connectivity index (χ4n) is 7.49. The van der Waals surface area contributed by atoms with E-state index in [2.05, 4.69) is 15.4 Å². The SMILES string of the molecule is COc1ccc2c(OC3CC4C(=O)NC5(C(=O)NS(=O)(=O)C6(C)CC6)CC5C=CCCC(C)C/C(C)=C(/NC(=O)OC(C)(C)C(F)(F)F)C(=O)N4C3)nc(N(C)C)cc2c1. The average molecular weight is 863 g/mol. The summed E-state index contributed by atoms with van der Waals surface area (Å²) in [5.41, 5.74) is -4.62. The van der Waals surface area contributed by atoms with Crippen molar-refractivity contribution >= 4 is 50.4 Å². The number of anilines is 1. The number of alkyl halides is 3. The van der Waals surface area contributed by atoms with E-state index in [9.17, 15) is 40.8 Å². The van der Waals surface area contributed by atoms with Crippen LogP contribution in [0.5, 0.6) is 11.6 Å². The number of alkyl carbamates (subject to hydrolysis) is 1. The van der Waals surface area contributed by atoms with Crippen LogP contribution in [0.3, 0.4) is 0 Å². The first kappa shape index (κ1) is 44.5. The topological polar surface area (TPSA) is 186 Å². The number of fused-ring (bicyclic) bond motifs is 3. The standard InChI is InChI=1S/C41H53F3N6O9S/c1-23-11-9-10-12-26-21-40(26,36(53)48-60(55,56)39(5)15-16-39)47-33(51)30-20-28(58-34-29-14-13-27(57-8)18-25(29)19-31(45-34)49(6)7)22-50(30)35(52)32(24(2)17-23)46-37(54)59-38(3,4)41(42,43)44/h10,12-14,18-19,23,26,28,30H,9,11,15-17,20-22H2,1-8H3,(H,46,54)(H,47,51)(H,48,53)/b12-10?,32-24+. The molecule has 5 unspecified atom stereocenters. The molecule has 3 N–H and O–H groups in total. The molecule has 6 rings (SSSR count). The summed E-state index contributed by atoms with van der Waals surface area (Å²) in [5.74, 6) is -1.98. The lowest BCUT2D eigenvalue weighted by Crippen LogP contribution is -2.57. The molecule has 15 nitrogen and oxygen atoms in total. The molecular weight excluding hydrogens is 810 g/mol. The summed E-state index contributed by atoms with van der Waals surface area (Å²) in [4.78, 5) is 64.1. The highest BCUT2D eigenvalue weighted by Crippen LogP contribution is 2.48. The molecule has 0 bridgehead atoms. The Morgan fingerprint density at radius 3 is 2.45 bits per heavy atom. The molecule has 0 radical (unpaired) electrons. The number of sulfonamides is 1. The fraction of sp³-hybridized carbons (Fsp3) is 0.585. The smallest absolute Gasteiger partial charge is 0.427 e. The van der Waals surface area contributed by atoms with Crippen molar-refractivity contribution in [1.82, 2.24) is 25.2 Å². The number of aromatic nitrogens is 1.